The summed E-state index contributed by atoms with van der Waals surface area (Å²) >= 11 is 1.31. The number of anilines is 1. The maximum atomic E-state index is 12.6. The Morgan fingerprint density at radius 3 is 2.86 bits per heavy atom. The summed E-state index contributed by atoms with van der Waals surface area (Å²) < 4.78 is 1.91. The van der Waals surface area contributed by atoms with Crippen LogP contribution in [0, 0.1) is 11.3 Å². The molecule has 0 bridgehead atoms. The van der Waals surface area contributed by atoms with Crippen LogP contribution in [0.15, 0.2) is 66.6 Å². The molecule has 1 N–H and O–H groups in total. The zero-order valence-electron chi connectivity index (χ0n) is 15.2. The van der Waals surface area contributed by atoms with Crippen molar-refractivity contribution >= 4 is 23.4 Å². The van der Waals surface area contributed by atoms with E-state index in [-0.39, 0.29) is 5.91 Å². The third-order valence-corrected chi connectivity index (χ3v) is 4.96. The number of amides is 1. The van der Waals surface area contributed by atoms with Gasteiger partial charge in [-0.3, -0.25) is 14.3 Å². The van der Waals surface area contributed by atoms with Crippen LogP contribution in [-0.4, -0.2) is 30.9 Å². The normalized spacial score (nSPS) is 11.4. The third-order valence-electron chi connectivity index (χ3n) is 3.88. The zero-order chi connectivity index (χ0) is 19.9. The van der Waals surface area contributed by atoms with Crippen molar-refractivity contribution in [2.45, 2.75) is 23.9 Å². The summed E-state index contributed by atoms with van der Waals surface area (Å²) in [5, 5.41) is 20.5. The van der Waals surface area contributed by atoms with Crippen LogP contribution in [0.1, 0.15) is 12.5 Å². The number of allylic oxidation sites excluding steroid dienone is 1. The average molecular weight is 390 g/mol. The van der Waals surface area contributed by atoms with Crippen LogP contribution >= 0.6 is 11.8 Å². The van der Waals surface area contributed by atoms with Gasteiger partial charge in [-0.15, -0.1) is 16.8 Å². The number of rotatable bonds is 7. The number of nitriles is 1. The molecule has 28 heavy (non-hydrogen) atoms. The number of pyridine rings is 1. The van der Waals surface area contributed by atoms with Crippen LogP contribution in [0.4, 0.5) is 5.69 Å². The standard InChI is InChI=1S/C20H18N6OS/c1-3-11-26-18(16-7-9-22-10-8-16)24-25-20(26)28-14(2)19(27)23-17-6-4-5-15(12-17)13-21/h3-10,12,14H,1,11H2,2H3,(H,23,27)/t14-/m1/s1. The highest BCUT2D eigenvalue weighted by molar-refractivity contribution is 8.00. The minimum absolute atomic E-state index is 0.182. The Balaban J connectivity index is 1.77. The maximum Gasteiger partial charge on any atom is 0.237 e. The summed E-state index contributed by atoms with van der Waals surface area (Å²) in [6, 6.07) is 12.6. The van der Waals surface area contributed by atoms with E-state index in [2.05, 4.69) is 33.1 Å². The van der Waals surface area contributed by atoms with E-state index >= 15 is 0 Å². The molecule has 8 heteroatoms. The highest BCUT2D eigenvalue weighted by atomic mass is 32.2. The Labute approximate surface area is 167 Å². The van der Waals surface area contributed by atoms with Gasteiger partial charge in [-0.2, -0.15) is 5.26 Å². The molecule has 0 aliphatic carbocycles. The van der Waals surface area contributed by atoms with Crippen LogP contribution in [0.25, 0.3) is 11.4 Å². The van der Waals surface area contributed by atoms with E-state index in [1.807, 2.05) is 16.7 Å². The first-order valence-corrected chi connectivity index (χ1v) is 9.42. The first-order valence-electron chi connectivity index (χ1n) is 8.54. The second-order valence-electron chi connectivity index (χ2n) is 5.88. The van der Waals surface area contributed by atoms with E-state index in [1.54, 1.807) is 49.7 Å². The molecule has 0 aliphatic heterocycles. The van der Waals surface area contributed by atoms with Gasteiger partial charge in [-0.05, 0) is 37.3 Å². The number of aromatic nitrogens is 4. The summed E-state index contributed by atoms with van der Waals surface area (Å²) in [7, 11) is 0. The fourth-order valence-corrected chi connectivity index (χ4v) is 3.36. The molecular formula is C20H18N6OS. The average Bonchev–Trinajstić information content (AvgIpc) is 3.11. The summed E-state index contributed by atoms with van der Waals surface area (Å²) in [5.74, 6) is 0.512. The van der Waals surface area contributed by atoms with E-state index < -0.39 is 5.25 Å². The second kappa shape index (κ2) is 8.97. The van der Waals surface area contributed by atoms with Crippen molar-refractivity contribution in [1.82, 2.24) is 19.7 Å². The Morgan fingerprint density at radius 1 is 1.36 bits per heavy atom. The minimum atomic E-state index is -0.413. The highest BCUT2D eigenvalue weighted by Crippen LogP contribution is 2.27. The third kappa shape index (κ3) is 4.45. The van der Waals surface area contributed by atoms with Gasteiger partial charge >= 0.3 is 0 Å². The highest BCUT2D eigenvalue weighted by Gasteiger charge is 2.20. The molecule has 0 radical (unpaired) electrons. The van der Waals surface area contributed by atoms with Crippen molar-refractivity contribution in [3.05, 3.63) is 67.0 Å². The number of benzene rings is 1. The first-order chi connectivity index (χ1) is 13.6. The number of nitrogens with one attached hydrogen (secondary N) is 1. The first kappa shape index (κ1) is 19.3. The Hall–Kier alpha value is -3.44. The minimum Gasteiger partial charge on any atom is -0.325 e. The predicted octanol–water partition coefficient (Wildman–Crippen LogP) is 3.52. The zero-order valence-corrected chi connectivity index (χ0v) is 16.1. The number of carbonyl (C=O) groups excluding carboxylic acids is 1. The van der Waals surface area contributed by atoms with Gasteiger partial charge in [0.05, 0.1) is 16.9 Å². The molecule has 2 aromatic heterocycles. The summed E-state index contributed by atoms with van der Waals surface area (Å²) in [6.07, 6.45) is 5.15. The number of carbonyl (C=O) groups is 1. The molecule has 2 heterocycles. The maximum absolute atomic E-state index is 12.6. The van der Waals surface area contributed by atoms with Crippen LogP contribution in [0.2, 0.25) is 0 Å². The van der Waals surface area contributed by atoms with Gasteiger partial charge in [0.1, 0.15) is 0 Å². The number of hydrogen-bond donors (Lipinski definition) is 1. The van der Waals surface area contributed by atoms with E-state index in [4.69, 9.17) is 5.26 Å². The molecule has 0 fully saturated rings. The number of thioether (sulfide) groups is 1. The van der Waals surface area contributed by atoms with E-state index in [9.17, 15) is 4.79 Å². The molecule has 3 rings (SSSR count). The van der Waals surface area contributed by atoms with E-state index in [1.165, 1.54) is 11.8 Å². The molecule has 1 aromatic carbocycles. The molecule has 3 aromatic rings. The predicted molar refractivity (Wildman–Crippen MR) is 109 cm³/mol. The van der Waals surface area contributed by atoms with Crippen molar-refractivity contribution in [2.75, 3.05) is 5.32 Å². The fraction of sp³-hybridized carbons (Fsp3) is 0.150. The lowest BCUT2D eigenvalue weighted by Gasteiger charge is -2.13. The smallest absolute Gasteiger partial charge is 0.237 e. The molecule has 0 unspecified atom stereocenters. The molecule has 0 saturated heterocycles. The van der Waals surface area contributed by atoms with Gasteiger partial charge in [-0.1, -0.05) is 23.9 Å². The Bertz CT molecular complexity index is 1020. The van der Waals surface area contributed by atoms with Crippen LogP contribution < -0.4 is 5.32 Å². The molecule has 1 amide bonds. The van der Waals surface area contributed by atoms with Crippen LogP contribution in [0.3, 0.4) is 0 Å². The van der Waals surface area contributed by atoms with Gasteiger partial charge in [-0.25, -0.2) is 0 Å². The van der Waals surface area contributed by atoms with Crippen LogP contribution in [0.5, 0.6) is 0 Å². The number of hydrogen-bond acceptors (Lipinski definition) is 6. The van der Waals surface area contributed by atoms with Gasteiger partial charge in [0, 0.05) is 30.2 Å². The second-order valence-corrected chi connectivity index (χ2v) is 7.19. The molecular weight excluding hydrogens is 372 g/mol. The van der Waals surface area contributed by atoms with Gasteiger partial charge in [0.2, 0.25) is 5.91 Å². The molecule has 0 saturated carbocycles. The van der Waals surface area contributed by atoms with Gasteiger partial charge in [0.15, 0.2) is 11.0 Å². The van der Waals surface area contributed by atoms with E-state index in [0.29, 0.717) is 28.8 Å². The van der Waals surface area contributed by atoms with Crippen molar-refractivity contribution in [2.24, 2.45) is 0 Å². The van der Waals surface area contributed by atoms with Gasteiger partial charge < -0.3 is 5.32 Å². The fourth-order valence-electron chi connectivity index (χ4n) is 2.51. The topological polar surface area (TPSA) is 96.5 Å². The summed E-state index contributed by atoms with van der Waals surface area (Å²) in [4.78, 5) is 16.6. The van der Waals surface area contributed by atoms with Crippen LogP contribution in [-0.2, 0) is 11.3 Å². The Morgan fingerprint density at radius 2 is 2.14 bits per heavy atom. The summed E-state index contributed by atoms with van der Waals surface area (Å²) in [5.41, 5.74) is 1.97. The molecule has 7 nitrogen and oxygen atoms in total. The Kier molecular flexibility index (Phi) is 6.19. The quantitative estimate of drug-likeness (QED) is 0.490. The lowest BCUT2D eigenvalue weighted by Crippen LogP contribution is -2.23. The van der Waals surface area contributed by atoms with Crippen molar-refractivity contribution in [3.63, 3.8) is 0 Å². The number of nitrogens with zero attached hydrogens (tertiary/aromatic N) is 5. The summed E-state index contributed by atoms with van der Waals surface area (Å²) in [6.45, 7) is 6.11. The molecule has 1 atom stereocenters. The molecule has 0 spiro atoms. The van der Waals surface area contributed by atoms with Crippen molar-refractivity contribution in [1.29, 1.82) is 5.26 Å². The molecule has 0 aliphatic rings. The van der Waals surface area contributed by atoms with Crippen molar-refractivity contribution < 1.29 is 4.79 Å². The van der Waals surface area contributed by atoms with Gasteiger partial charge in [0.25, 0.3) is 0 Å². The lowest BCUT2D eigenvalue weighted by atomic mass is 10.2. The monoisotopic (exact) mass is 390 g/mol. The molecule has 140 valence electrons. The van der Waals surface area contributed by atoms with Crippen molar-refractivity contribution in [3.8, 4) is 17.5 Å². The SMILES string of the molecule is C=CCn1c(S[C@H](C)C(=O)Nc2cccc(C#N)c2)nnc1-c1ccncc1. The lowest BCUT2D eigenvalue weighted by molar-refractivity contribution is -0.115. The largest absolute Gasteiger partial charge is 0.325 e. The van der Waals surface area contributed by atoms with E-state index in [0.717, 1.165) is 5.56 Å².